The first-order valence-corrected chi connectivity index (χ1v) is 9.69. The fourth-order valence-electron chi connectivity index (χ4n) is 3.41. The number of amides is 1. The number of hydrogen-bond donors (Lipinski definition) is 0. The number of hydrogen-bond acceptors (Lipinski definition) is 3. The number of carbonyl (C=O) groups is 1. The average molecular weight is 413 g/mol. The maximum atomic E-state index is 13.2. The van der Waals surface area contributed by atoms with Crippen LogP contribution >= 0.6 is 23.2 Å². The monoisotopic (exact) mass is 412 g/mol. The first-order chi connectivity index (χ1) is 12.8. The van der Waals surface area contributed by atoms with Crippen LogP contribution in [0.5, 0.6) is 0 Å². The van der Waals surface area contributed by atoms with Crippen LogP contribution in [0.1, 0.15) is 29.9 Å². The molecule has 0 N–H and O–H groups in total. The van der Waals surface area contributed by atoms with E-state index in [0.29, 0.717) is 29.7 Å². The maximum absolute atomic E-state index is 13.2. The van der Waals surface area contributed by atoms with Gasteiger partial charge in [0.25, 0.3) is 0 Å². The van der Waals surface area contributed by atoms with Crippen LogP contribution in [0.4, 0.5) is 4.39 Å². The SMILES string of the molecule is Cc1nn(C(C)C(=O)N2CCN(Cc3ccc(F)cc3Cl)CC2)c(C)c1Cl. The average Bonchev–Trinajstić information content (AvgIpc) is 2.91. The number of benzene rings is 1. The number of rotatable bonds is 4. The summed E-state index contributed by atoms with van der Waals surface area (Å²) < 4.78 is 14.9. The van der Waals surface area contributed by atoms with Crippen LogP contribution in [0.2, 0.25) is 10.0 Å². The Morgan fingerprint density at radius 2 is 1.89 bits per heavy atom. The van der Waals surface area contributed by atoms with Crippen molar-refractivity contribution < 1.29 is 9.18 Å². The number of aromatic nitrogens is 2. The van der Waals surface area contributed by atoms with Crippen LogP contribution in [0.25, 0.3) is 0 Å². The van der Waals surface area contributed by atoms with Gasteiger partial charge in [0.05, 0.1) is 16.4 Å². The molecular weight excluding hydrogens is 390 g/mol. The molecular formula is C19H23Cl2FN4O. The van der Waals surface area contributed by atoms with Gasteiger partial charge in [-0.25, -0.2) is 4.39 Å². The van der Waals surface area contributed by atoms with Crippen molar-refractivity contribution in [2.75, 3.05) is 26.2 Å². The number of piperazine rings is 1. The summed E-state index contributed by atoms with van der Waals surface area (Å²) >= 11 is 12.3. The van der Waals surface area contributed by atoms with E-state index in [4.69, 9.17) is 23.2 Å². The summed E-state index contributed by atoms with van der Waals surface area (Å²) in [5.41, 5.74) is 2.43. The van der Waals surface area contributed by atoms with Gasteiger partial charge < -0.3 is 4.90 Å². The Morgan fingerprint density at radius 1 is 1.22 bits per heavy atom. The van der Waals surface area contributed by atoms with Crippen molar-refractivity contribution in [2.24, 2.45) is 0 Å². The number of carbonyl (C=O) groups excluding carboxylic acids is 1. The van der Waals surface area contributed by atoms with Crippen LogP contribution in [0.15, 0.2) is 18.2 Å². The second-order valence-electron chi connectivity index (χ2n) is 6.94. The highest BCUT2D eigenvalue weighted by Gasteiger charge is 2.28. The highest BCUT2D eigenvalue weighted by atomic mass is 35.5. The zero-order chi connectivity index (χ0) is 19.7. The molecule has 0 radical (unpaired) electrons. The molecule has 0 saturated carbocycles. The normalized spacial score (nSPS) is 16.6. The highest BCUT2D eigenvalue weighted by Crippen LogP contribution is 2.24. The van der Waals surface area contributed by atoms with Gasteiger partial charge in [-0.2, -0.15) is 5.10 Å². The molecule has 1 aromatic heterocycles. The van der Waals surface area contributed by atoms with Crippen LogP contribution in [-0.2, 0) is 11.3 Å². The van der Waals surface area contributed by atoms with Crippen molar-refractivity contribution in [2.45, 2.75) is 33.4 Å². The second-order valence-corrected chi connectivity index (χ2v) is 7.73. The minimum absolute atomic E-state index is 0.0386. The van der Waals surface area contributed by atoms with Crippen LogP contribution in [0, 0.1) is 19.7 Å². The van der Waals surface area contributed by atoms with Crippen LogP contribution < -0.4 is 0 Å². The lowest BCUT2D eigenvalue weighted by Crippen LogP contribution is -2.50. The third-order valence-electron chi connectivity index (χ3n) is 5.05. The standard InChI is InChI=1S/C19H23Cl2FN4O/c1-12-18(21)13(2)26(23-12)14(3)19(27)25-8-6-24(7-9-25)11-15-4-5-16(22)10-17(15)20/h4-5,10,14H,6-9,11H2,1-3H3. The predicted octanol–water partition coefficient (Wildman–Crippen LogP) is 3.85. The van der Waals surface area contributed by atoms with Crippen molar-refractivity contribution in [3.05, 3.63) is 51.0 Å². The van der Waals surface area contributed by atoms with Crippen LogP contribution in [0.3, 0.4) is 0 Å². The van der Waals surface area contributed by atoms with Crippen molar-refractivity contribution in [1.82, 2.24) is 19.6 Å². The Hall–Kier alpha value is -1.63. The summed E-state index contributed by atoms with van der Waals surface area (Å²) in [6, 6.07) is 4.07. The summed E-state index contributed by atoms with van der Waals surface area (Å²) in [4.78, 5) is 16.9. The summed E-state index contributed by atoms with van der Waals surface area (Å²) in [6.07, 6.45) is 0. The van der Waals surface area contributed by atoms with E-state index in [-0.39, 0.29) is 11.7 Å². The van der Waals surface area contributed by atoms with Gasteiger partial charge in [0, 0.05) is 37.7 Å². The molecule has 1 fully saturated rings. The molecule has 2 heterocycles. The third kappa shape index (κ3) is 4.28. The quantitative estimate of drug-likeness (QED) is 0.765. The molecule has 27 heavy (non-hydrogen) atoms. The topological polar surface area (TPSA) is 41.4 Å². The third-order valence-corrected chi connectivity index (χ3v) is 5.95. The summed E-state index contributed by atoms with van der Waals surface area (Å²) in [5, 5.41) is 5.44. The van der Waals surface area contributed by atoms with E-state index in [1.165, 1.54) is 12.1 Å². The Kier molecular flexibility index (Phi) is 6.08. The molecule has 146 valence electrons. The van der Waals surface area contributed by atoms with Gasteiger partial charge in [0.1, 0.15) is 11.9 Å². The van der Waals surface area contributed by atoms with E-state index in [1.54, 1.807) is 10.7 Å². The Bertz CT molecular complexity index is 846. The fourth-order valence-corrected chi connectivity index (χ4v) is 3.76. The van der Waals surface area contributed by atoms with Gasteiger partial charge in [-0.05, 0) is 38.5 Å². The van der Waals surface area contributed by atoms with E-state index >= 15 is 0 Å². The fraction of sp³-hybridized carbons (Fsp3) is 0.474. The summed E-state index contributed by atoms with van der Waals surface area (Å²) in [6.45, 7) is 8.95. The summed E-state index contributed by atoms with van der Waals surface area (Å²) in [7, 11) is 0. The molecule has 0 bridgehead atoms. The van der Waals surface area contributed by atoms with E-state index in [9.17, 15) is 9.18 Å². The van der Waals surface area contributed by atoms with Gasteiger partial charge in [-0.1, -0.05) is 29.3 Å². The summed E-state index contributed by atoms with van der Waals surface area (Å²) in [5.74, 6) is -0.297. The zero-order valence-electron chi connectivity index (χ0n) is 15.7. The van der Waals surface area contributed by atoms with Crippen molar-refractivity contribution in [1.29, 1.82) is 0 Å². The van der Waals surface area contributed by atoms with Crippen molar-refractivity contribution >= 4 is 29.1 Å². The zero-order valence-corrected chi connectivity index (χ0v) is 17.2. The molecule has 8 heteroatoms. The van der Waals surface area contributed by atoms with Gasteiger partial charge in [0.15, 0.2) is 0 Å². The van der Waals surface area contributed by atoms with Gasteiger partial charge >= 0.3 is 0 Å². The van der Waals surface area contributed by atoms with E-state index in [0.717, 1.165) is 30.0 Å². The number of halogens is 3. The van der Waals surface area contributed by atoms with Crippen LogP contribution in [-0.4, -0.2) is 51.7 Å². The van der Waals surface area contributed by atoms with Crippen molar-refractivity contribution in [3.8, 4) is 0 Å². The highest BCUT2D eigenvalue weighted by molar-refractivity contribution is 6.32. The Morgan fingerprint density at radius 3 is 2.44 bits per heavy atom. The molecule has 1 aromatic carbocycles. The molecule has 1 aliphatic rings. The number of aryl methyl sites for hydroxylation is 1. The van der Waals surface area contributed by atoms with E-state index < -0.39 is 6.04 Å². The smallest absolute Gasteiger partial charge is 0.247 e. The van der Waals surface area contributed by atoms with Crippen molar-refractivity contribution in [3.63, 3.8) is 0 Å². The molecule has 1 saturated heterocycles. The molecule has 1 atom stereocenters. The van der Waals surface area contributed by atoms with Gasteiger partial charge in [0.2, 0.25) is 5.91 Å². The Balaban J connectivity index is 1.59. The minimum atomic E-state index is -0.394. The minimum Gasteiger partial charge on any atom is -0.338 e. The predicted molar refractivity (Wildman–Crippen MR) is 105 cm³/mol. The maximum Gasteiger partial charge on any atom is 0.247 e. The second kappa shape index (κ2) is 8.17. The first kappa shape index (κ1) is 20.1. The van der Waals surface area contributed by atoms with E-state index in [2.05, 4.69) is 10.00 Å². The molecule has 1 unspecified atom stereocenters. The first-order valence-electron chi connectivity index (χ1n) is 8.94. The molecule has 1 amide bonds. The molecule has 0 aliphatic carbocycles. The lowest BCUT2D eigenvalue weighted by atomic mass is 10.2. The van der Waals surface area contributed by atoms with Gasteiger partial charge in [-0.15, -0.1) is 0 Å². The molecule has 3 rings (SSSR count). The Labute approximate surface area is 168 Å². The molecule has 0 spiro atoms. The molecule has 5 nitrogen and oxygen atoms in total. The van der Waals surface area contributed by atoms with E-state index in [1.807, 2.05) is 25.7 Å². The molecule has 1 aliphatic heterocycles. The number of nitrogens with zero attached hydrogens (tertiary/aromatic N) is 4. The van der Waals surface area contributed by atoms with Gasteiger partial charge in [-0.3, -0.25) is 14.4 Å². The molecule has 2 aromatic rings. The largest absolute Gasteiger partial charge is 0.338 e. The lowest BCUT2D eigenvalue weighted by Gasteiger charge is -2.36. The lowest BCUT2D eigenvalue weighted by molar-refractivity contribution is -0.136.